The van der Waals surface area contributed by atoms with Gasteiger partial charge in [0.25, 0.3) is 0 Å². The lowest BCUT2D eigenvalue weighted by atomic mass is 10.1. The number of unbranched alkanes of at least 4 members (excludes halogenated alkanes) is 18. The van der Waals surface area contributed by atoms with E-state index in [1.54, 1.807) is 0 Å². The lowest BCUT2D eigenvalue weighted by molar-refractivity contribution is -0.161. The van der Waals surface area contributed by atoms with Gasteiger partial charge in [-0.1, -0.05) is 122 Å². The van der Waals surface area contributed by atoms with Gasteiger partial charge in [-0.25, -0.2) is 4.57 Å². The predicted molar refractivity (Wildman–Crippen MR) is 166 cm³/mol. The van der Waals surface area contributed by atoms with Crippen LogP contribution in [0, 0.1) is 0 Å². The second-order valence-electron chi connectivity index (χ2n) is 11.1. The normalized spacial score (nSPS) is 12.6. The molecule has 0 saturated heterocycles. The Hall–Kier alpha value is -1.21. The van der Waals surface area contributed by atoms with Gasteiger partial charge >= 0.3 is 19.8 Å². The minimum atomic E-state index is -4.74. The minimum Gasteiger partial charge on any atom is -0.462 e. The highest BCUT2D eigenvalue weighted by molar-refractivity contribution is 7.46. The van der Waals surface area contributed by atoms with Crippen molar-refractivity contribution >= 4 is 19.8 Å². The van der Waals surface area contributed by atoms with Crippen molar-refractivity contribution in [3.63, 3.8) is 0 Å². The van der Waals surface area contributed by atoms with Gasteiger partial charge in [0.05, 0.1) is 6.61 Å². The number of ether oxygens (including phenoxy) is 2. The number of phosphoric acid groups is 1. The Morgan fingerprint density at radius 3 is 1.51 bits per heavy atom. The van der Waals surface area contributed by atoms with E-state index in [0.717, 1.165) is 51.4 Å². The largest absolute Gasteiger partial charge is 0.469 e. The number of carbonyl (C=O) groups excluding carboxylic acids is 2. The maximum Gasteiger partial charge on any atom is 0.469 e. The Kier molecular flexibility index (Phi) is 28.0. The summed E-state index contributed by atoms with van der Waals surface area (Å²) < 4.78 is 26.1. The van der Waals surface area contributed by atoms with Gasteiger partial charge in [-0.3, -0.25) is 14.1 Å². The van der Waals surface area contributed by atoms with Gasteiger partial charge in [-0.05, 0) is 38.5 Å². The van der Waals surface area contributed by atoms with Crippen LogP contribution in [-0.2, 0) is 28.2 Å². The Morgan fingerprint density at radius 1 is 0.610 bits per heavy atom. The summed E-state index contributed by atoms with van der Waals surface area (Å²) in [7, 11) is -4.74. The number of esters is 2. The number of phosphoric ester groups is 1. The third-order valence-corrected chi connectivity index (χ3v) is 7.52. The van der Waals surface area contributed by atoms with Crippen LogP contribution in [0.5, 0.6) is 0 Å². The van der Waals surface area contributed by atoms with E-state index in [2.05, 4.69) is 30.5 Å². The molecular formula is C32H61O8P. The van der Waals surface area contributed by atoms with E-state index in [-0.39, 0.29) is 19.4 Å². The van der Waals surface area contributed by atoms with E-state index in [1.165, 1.54) is 70.6 Å². The van der Waals surface area contributed by atoms with Crippen LogP contribution in [-0.4, -0.2) is 41.0 Å². The molecule has 0 aromatic rings. The molecule has 0 aliphatic heterocycles. The molecule has 242 valence electrons. The smallest absolute Gasteiger partial charge is 0.462 e. The third kappa shape index (κ3) is 31.6. The van der Waals surface area contributed by atoms with E-state index >= 15 is 0 Å². The van der Waals surface area contributed by atoms with Crippen LogP contribution in [0.25, 0.3) is 0 Å². The standard InChI is InChI=1S/C32H61O8P/c1-3-5-7-9-11-13-15-16-17-19-20-22-24-26-31(33)38-28-30(29-39-41(35,36)37)40-32(34)27-25-23-21-18-14-12-10-8-6-4-2/h13,15,30H,3-12,14,16-29H2,1-2H3,(H2,35,36,37)/b15-13+/t30-/m1/s1. The first-order chi connectivity index (χ1) is 19.8. The molecule has 0 aliphatic rings. The van der Waals surface area contributed by atoms with Gasteiger partial charge < -0.3 is 19.3 Å². The summed E-state index contributed by atoms with van der Waals surface area (Å²) in [5, 5.41) is 0. The van der Waals surface area contributed by atoms with E-state index in [0.29, 0.717) is 12.8 Å². The molecule has 0 heterocycles. The number of hydrogen-bond donors (Lipinski definition) is 2. The van der Waals surface area contributed by atoms with Crippen molar-refractivity contribution in [3.05, 3.63) is 12.2 Å². The summed E-state index contributed by atoms with van der Waals surface area (Å²) in [6.07, 6.45) is 27.9. The van der Waals surface area contributed by atoms with Gasteiger partial charge in [0, 0.05) is 12.8 Å². The zero-order valence-corrected chi connectivity index (χ0v) is 27.1. The van der Waals surface area contributed by atoms with Crippen molar-refractivity contribution in [1.29, 1.82) is 0 Å². The molecule has 0 rings (SSSR count). The highest BCUT2D eigenvalue weighted by Crippen LogP contribution is 2.35. The number of allylic oxidation sites excluding steroid dienone is 2. The van der Waals surface area contributed by atoms with E-state index < -0.39 is 32.5 Å². The molecule has 0 unspecified atom stereocenters. The van der Waals surface area contributed by atoms with Crippen LogP contribution in [0.15, 0.2) is 12.2 Å². The summed E-state index contributed by atoms with van der Waals surface area (Å²) in [6.45, 7) is 3.62. The zero-order chi connectivity index (χ0) is 30.4. The molecule has 9 heteroatoms. The minimum absolute atomic E-state index is 0.214. The van der Waals surface area contributed by atoms with E-state index in [4.69, 9.17) is 19.3 Å². The fourth-order valence-corrected chi connectivity index (χ4v) is 4.90. The highest BCUT2D eigenvalue weighted by Gasteiger charge is 2.22. The molecule has 0 aromatic heterocycles. The quantitative estimate of drug-likeness (QED) is 0.0360. The highest BCUT2D eigenvalue weighted by atomic mass is 31.2. The maximum atomic E-state index is 12.3. The first kappa shape index (κ1) is 39.8. The topological polar surface area (TPSA) is 119 Å². The van der Waals surface area contributed by atoms with Crippen LogP contribution >= 0.6 is 7.82 Å². The average Bonchev–Trinajstić information content (AvgIpc) is 2.93. The molecule has 0 bridgehead atoms. The molecule has 8 nitrogen and oxygen atoms in total. The lowest BCUT2D eigenvalue weighted by Crippen LogP contribution is -2.29. The molecule has 0 aromatic carbocycles. The Bertz CT molecular complexity index is 691. The first-order valence-corrected chi connectivity index (χ1v) is 18.0. The Balaban J connectivity index is 4.02. The van der Waals surface area contributed by atoms with Crippen LogP contribution < -0.4 is 0 Å². The molecule has 0 amide bonds. The number of hydrogen-bond acceptors (Lipinski definition) is 6. The van der Waals surface area contributed by atoms with Crippen molar-refractivity contribution < 1.29 is 37.9 Å². The summed E-state index contributed by atoms with van der Waals surface area (Å²) >= 11 is 0. The first-order valence-electron chi connectivity index (χ1n) is 16.5. The van der Waals surface area contributed by atoms with Gasteiger partial charge in [-0.2, -0.15) is 0 Å². The molecule has 41 heavy (non-hydrogen) atoms. The Labute approximate surface area is 250 Å². The second-order valence-corrected chi connectivity index (χ2v) is 12.4. The Morgan fingerprint density at radius 2 is 1.02 bits per heavy atom. The van der Waals surface area contributed by atoms with Crippen LogP contribution in [0.3, 0.4) is 0 Å². The van der Waals surface area contributed by atoms with E-state index in [1.807, 2.05) is 0 Å². The van der Waals surface area contributed by atoms with Crippen molar-refractivity contribution in [2.45, 2.75) is 168 Å². The van der Waals surface area contributed by atoms with Crippen LogP contribution in [0.4, 0.5) is 0 Å². The van der Waals surface area contributed by atoms with Crippen molar-refractivity contribution in [1.82, 2.24) is 0 Å². The van der Waals surface area contributed by atoms with Crippen molar-refractivity contribution in [2.75, 3.05) is 13.2 Å². The molecular weight excluding hydrogens is 543 g/mol. The lowest BCUT2D eigenvalue weighted by Gasteiger charge is -2.18. The SMILES string of the molecule is CCCCCC/C=C/CCCCCCCC(=O)OC[C@H](COP(=O)(O)O)OC(=O)CCCCCCCCCCCC. The molecule has 1 atom stereocenters. The molecule has 2 N–H and O–H groups in total. The maximum absolute atomic E-state index is 12.3. The van der Waals surface area contributed by atoms with Gasteiger partial charge in [0.1, 0.15) is 6.61 Å². The number of rotatable bonds is 30. The van der Waals surface area contributed by atoms with Crippen molar-refractivity contribution in [3.8, 4) is 0 Å². The fraction of sp³-hybridized carbons (Fsp3) is 0.875. The second kappa shape index (κ2) is 28.9. The molecule has 0 radical (unpaired) electrons. The molecule has 0 aliphatic carbocycles. The van der Waals surface area contributed by atoms with E-state index in [9.17, 15) is 14.2 Å². The number of carbonyl (C=O) groups is 2. The third-order valence-electron chi connectivity index (χ3n) is 7.03. The van der Waals surface area contributed by atoms with Gasteiger partial charge in [-0.15, -0.1) is 0 Å². The summed E-state index contributed by atoms with van der Waals surface area (Å²) in [6, 6.07) is 0. The van der Waals surface area contributed by atoms with Crippen LogP contribution in [0.1, 0.15) is 162 Å². The van der Waals surface area contributed by atoms with Crippen molar-refractivity contribution in [2.24, 2.45) is 0 Å². The van der Waals surface area contributed by atoms with Gasteiger partial charge in [0.2, 0.25) is 0 Å². The molecule has 0 spiro atoms. The molecule has 0 fully saturated rings. The summed E-state index contributed by atoms with van der Waals surface area (Å²) in [5.41, 5.74) is 0. The summed E-state index contributed by atoms with van der Waals surface area (Å²) in [5.74, 6) is -0.894. The molecule has 0 saturated carbocycles. The predicted octanol–water partition coefficient (Wildman–Crippen LogP) is 9.12. The monoisotopic (exact) mass is 604 g/mol. The summed E-state index contributed by atoms with van der Waals surface area (Å²) in [4.78, 5) is 42.4. The fourth-order valence-electron chi connectivity index (χ4n) is 4.54. The van der Waals surface area contributed by atoms with Gasteiger partial charge in [0.15, 0.2) is 6.10 Å². The average molecular weight is 605 g/mol. The zero-order valence-electron chi connectivity index (χ0n) is 26.2. The van der Waals surface area contributed by atoms with Crippen LogP contribution in [0.2, 0.25) is 0 Å².